The van der Waals surface area contributed by atoms with Gasteiger partial charge in [0.2, 0.25) is 0 Å². The molecule has 4 heteroatoms. The third-order valence-electron chi connectivity index (χ3n) is 6.69. The number of hydrogen-bond donors (Lipinski definition) is 0. The van der Waals surface area contributed by atoms with Crippen LogP contribution >= 0.6 is 0 Å². The third kappa shape index (κ3) is 2.54. The Kier molecular flexibility index (Phi) is 3.62. The van der Waals surface area contributed by atoms with Gasteiger partial charge in [-0.3, -0.25) is 0 Å². The van der Waals surface area contributed by atoms with Crippen LogP contribution in [0.15, 0.2) is 12.2 Å². The molecule has 23 heavy (non-hydrogen) atoms. The molecule has 0 radical (unpaired) electrons. The Morgan fingerprint density at radius 1 is 1.17 bits per heavy atom. The van der Waals surface area contributed by atoms with E-state index in [1.165, 1.54) is 38.5 Å². The first-order valence-corrected chi connectivity index (χ1v) is 9.03. The Morgan fingerprint density at radius 3 is 2.26 bits per heavy atom. The van der Waals surface area contributed by atoms with Crippen molar-refractivity contribution in [2.24, 2.45) is 23.2 Å². The minimum Gasteiger partial charge on any atom is -0.459 e. The molecular formula is C19H28O4. The zero-order valence-corrected chi connectivity index (χ0v) is 14.3. The van der Waals surface area contributed by atoms with Crippen LogP contribution in [0.2, 0.25) is 0 Å². The molecule has 4 saturated carbocycles. The molecule has 128 valence electrons. The Balaban J connectivity index is 1.43. The highest BCUT2D eigenvalue weighted by Crippen LogP contribution is 2.65. The second-order valence-electron chi connectivity index (χ2n) is 8.57. The molecule has 5 fully saturated rings. The summed E-state index contributed by atoms with van der Waals surface area (Å²) >= 11 is 0. The van der Waals surface area contributed by atoms with E-state index in [-0.39, 0.29) is 24.1 Å². The molecule has 5 aliphatic rings. The lowest BCUT2D eigenvalue weighted by atomic mass is 9.47. The van der Waals surface area contributed by atoms with Gasteiger partial charge in [-0.1, -0.05) is 6.58 Å². The van der Waals surface area contributed by atoms with Gasteiger partial charge in [-0.2, -0.15) is 0 Å². The fourth-order valence-corrected chi connectivity index (χ4v) is 5.96. The highest BCUT2D eigenvalue weighted by atomic mass is 16.8. The molecule has 5 rings (SSSR count). The first-order valence-electron chi connectivity index (χ1n) is 9.03. The van der Waals surface area contributed by atoms with Crippen LogP contribution in [0, 0.1) is 23.2 Å². The monoisotopic (exact) mass is 320 g/mol. The molecule has 0 aromatic carbocycles. The van der Waals surface area contributed by atoms with Gasteiger partial charge < -0.3 is 14.2 Å². The van der Waals surface area contributed by atoms with E-state index in [0.29, 0.717) is 12.2 Å². The molecular weight excluding hydrogens is 292 g/mol. The zero-order valence-electron chi connectivity index (χ0n) is 14.3. The van der Waals surface area contributed by atoms with Crippen molar-refractivity contribution in [2.45, 2.75) is 64.3 Å². The van der Waals surface area contributed by atoms with Crippen molar-refractivity contribution in [3.63, 3.8) is 0 Å². The summed E-state index contributed by atoms with van der Waals surface area (Å²) in [5.74, 6) is 1.74. The van der Waals surface area contributed by atoms with E-state index >= 15 is 0 Å². The van der Waals surface area contributed by atoms with Crippen molar-refractivity contribution in [2.75, 3.05) is 13.2 Å². The van der Waals surface area contributed by atoms with Crippen molar-refractivity contribution in [1.82, 2.24) is 0 Å². The van der Waals surface area contributed by atoms with E-state index in [0.717, 1.165) is 17.8 Å². The van der Waals surface area contributed by atoms with Crippen LogP contribution in [0.1, 0.15) is 52.4 Å². The van der Waals surface area contributed by atoms with Crippen LogP contribution in [0.5, 0.6) is 0 Å². The fraction of sp³-hybridized carbons (Fsp3) is 0.842. The lowest BCUT2D eigenvalue weighted by Gasteiger charge is -2.61. The smallest absolute Gasteiger partial charge is 0.333 e. The highest BCUT2D eigenvalue weighted by Gasteiger charge is 2.62. The summed E-state index contributed by atoms with van der Waals surface area (Å²) in [6.07, 6.45) is 7.81. The number of ether oxygens (including phenoxy) is 3. The number of esters is 1. The predicted octanol–water partition coefficient (Wildman–Crippen LogP) is 3.45. The maximum atomic E-state index is 11.6. The molecule has 1 heterocycles. The van der Waals surface area contributed by atoms with Gasteiger partial charge in [-0.05, 0) is 70.1 Å². The minimum atomic E-state index is -0.511. The molecule has 1 aliphatic heterocycles. The molecule has 4 nitrogen and oxygen atoms in total. The molecule has 1 saturated heterocycles. The van der Waals surface area contributed by atoms with Gasteiger partial charge in [-0.15, -0.1) is 0 Å². The average Bonchev–Trinajstić information content (AvgIpc) is 2.87. The molecule has 0 aromatic rings. The summed E-state index contributed by atoms with van der Waals surface area (Å²) in [6.45, 7) is 8.17. The van der Waals surface area contributed by atoms with Crippen molar-refractivity contribution in [1.29, 1.82) is 0 Å². The SMILES string of the molecule is C=C(C)C(=O)OCC1COC(C)(C23CC4CC(CC(C4)C2)C3)O1. The Hall–Kier alpha value is -0.870. The molecule has 4 bridgehead atoms. The molecule has 0 aromatic heterocycles. The van der Waals surface area contributed by atoms with Crippen molar-refractivity contribution >= 4 is 5.97 Å². The predicted molar refractivity (Wildman–Crippen MR) is 85.6 cm³/mol. The van der Waals surface area contributed by atoms with Crippen LogP contribution in [-0.2, 0) is 19.0 Å². The maximum absolute atomic E-state index is 11.6. The van der Waals surface area contributed by atoms with E-state index in [1.807, 2.05) is 0 Å². The van der Waals surface area contributed by atoms with Gasteiger partial charge in [0.1, 0.15) is 12.7 Å². The second kappa shape index (κ2) is 5.32. The lowest BCUT2D eigenvalue weighted by molar-refractivity contribution is -0.278. The fourth-order valence-electron chi connectivity index (χ4n) is 5.96. The number of carbonyl (C=O) groups excluding carboxylic acids is 1. The van der Waals surface area contributed by atoms with Crippen LogP contribution in [0.4, 0.5) is 0 Å². The van der Waals surface area contributed by atoms with Gasteiger partial charge in [-0.25, -0.2) is 4.79 Å². The Labute approximate surface area is 138 Å². The summed E-state index contributed by atoms with van der Waals surface area (Å²) in [4.78, 5) is 11.6. The summed E-state index contributed by atoms with van der Waals surface area (Å²) in [5, 5.41) is 0. The number of carbonyl (C=O) groups is 1. The van der Waals surface area contributed by atoms with E-state index in [4.69, 9.17) is 14.2 Å². The van der Waals surface area contributed by atoms with E-state index in [2.05, 4.69) is 13.5 Å². The van der Waals surface area contributed by atoms with E-state index in [1.54, 1.807) is 6.92 Å². The van der Waals surface area contributed by atoms with E-state index < -0.39 is 5.79 Å². The summed E-state index contributed by atoms with van der Waals surface area (Å²) in [6, 6.07) is 0. The lowest BCUT2D eigenvalue weighted by Crippen LogP contribution is -2.57. The van der Waals surface area contributed by atoms with Crippen LogP contribution < -0.4 is 0 Å². The van der Waals surface area contributed by atoms with Crippen LogP contribution in [0.3, 0.4) is 0 Å². The standard InChI is InChI=1S/C19H28O4/c1-12(2)17(20)21-10-16-11-22-18(3,23-16)19-7-13-4-14(8-19)6-15(5-13)9-19/h13-16H,1,4-11H2,2-3H3. The van der Waals surface area contributed by atoms with Crippen molar-refractivity contribution in [3.05, 3.63) is 12.2 Å². The normalized spacial score (nSPS) is 47.7. The van der Waals surface area contributed by atoms with Crippen LogP contribution in [-0.4, -0.2) is 31.1 Å². The molecule has 2 atom stereocenters. The topological polar surface area (TPSA) is 44.8 Å². The van der Waals surface area contributed by atoms with Gasteiger partial charge in [0.25, 0.3) is 0 Å². The first kappa shape index (κ1) is 15.6. The van der Waals surface area contributed by atoms with Gasteiger partial charge in [0, 0.05) is 11.0 Å². The van der Waals surface area contributed by atoms with E-state index in [9.17, 15) is 4.79 Å². The zero-order chi connectivity index (χ0) is 16.2. The molecule has 0 amide bonds. The summed E-state index contributed by atoms with van der Waals surface area (Å²) in [7, 11) is 0. The number of rotatable bonds is 4. The van der Waals surface area contributed by atoms with Gasteiger partial charge in [0.05, 0.1) is 6.61 Å². The summed E-state index contributed by atoms with van der Waals surface area (Å²) in [5.41, 5.74) is 0.599. The Bertz CT molecular complexity index is 490. The minimum absolute atomic E-state index is 0.156. The molecule has 2 unspecified atom stereocenters. The van der Waals surface area contributed by atoms with Gasteiger partial charge >= 0.3 is 5.97 Å². The molecule has 0 spiro atoms. The molecule has 0 N–H and O–H groups in total. The van der Waals surface area contributed by atoms with Crippen molar-refractivity contribution < 1.29 is 19.0 Å². The quantitative estimate of drug-likeness (QED) is 0.588. The largest absolute Gasteiger partial charge is 0.459 e. The van der Waals surface area contributed by atoms with Gasteiger partial charge in [0.15, 0.2) is 5.79 Å². The Morgan fingerprint density at radius 2 is 1.74 bits per heavy atom. The summed E-state index contributed by atoms with van der Waals surface area (Å²) < 4.78 is 17.8. The first-order chi connectivity index (χ1) is 10.9. The maximum Gasteiger partial charge on any atom is 0.333 e. The third-order valence-corrected chi connectivity index (χ3v) is 6.69. The second-order valence-corrected chi connectivity index (χ2v) is 8.57. The number of hydrogen-bond acceptors (Lipinski definition) is 4. The van der Waals surface area contributed by atoms with Crippen molar-refractivity contribution in [3.8, 4) is 0 Å². The highest BCUT2D eigenvalue weighted by molar-refractivity contribution is 5.86. The average molecular weight is 320 g/mol. The molecule has 4 aliphatic carbocycles. The van der Waals surface area contributed by atoms with Crippen LogP contribution in [0.25, 0.3) is 0 Å².